The fourth-order valence-electron chi connectivity index (χ4n) is 1.79. The molecule has 0 aliphatic carbocycles. The molecule has 1 aromatic rings. The van der Waals surface area contributed by atoms with Gasteiger partial charge in [0.15, 0.2) is 11.5 Å². The van der Waals surface area contributed by atoms with E-state index in [9.17, 15) is 0 Å². The number of oxime groups is 1. The number of nitrogens with one attached hydrogen (secondary N) is 1. The number of ether oxygens (including phenoxy) is 2. The van der Waals surface area contributed by atoms with E-state index >= 15 is 0 Å². The van der Waals surface area contributed by atoms with E-state index < -0.39 is 0 Å². The molecule has 0 saturated carbocycles. The lowest BCUT2D eigenvalue weighted by molar-refractivity contribution is 0.314. The standard InChI is InChI=1S/C14H23N3O3/c1-10(14(15)17-18)9-16-7-6-11-4-5-12(19-2)13(8-11)20-3/h4-5,8,10,16,18H,6-7,9H2,1-3H3,(H2,15,17). The number of amidine groups is 1. The maximum atomic E-state index is 8.56. The van der Waals surface area contributed by atoms with E-state index in [1.807, 2.05) is 25.1 Å². The summed E-state index contributed by atoms with van der Waals surface area (Å²) < 4.78 is 10.5. The Morgan fingerprint density at radius 1 is 1.35 bits per heavy atom. The normalized spacial score (nSPS) is 13.1. The summed E-state index contributed by atoms with van der Waals surface area (Å²) in [4.78, 5) is 0. The van der Waals surface area contributed by atoms with Gasteiger partial charge in [0.2, 0.25) is 0 Å². The van der Waals surface area contributed by atoms with Crippen molar-refractivity contribution in [1.82, 2.24) is 5.32 Å². The number of benzene rings is 1. The van der Waals surface area contributed by atoms with Crippen LogP contribution in [0.25, 0.3) is 0 Å². The SMILES string of the molecule is COc1ccc(CCNCC(C)C(N)=NO)cc1OC. The average molecular weight is 281 g/mol. The van der Waals surface area contributed by atoms with Crippen molar-refractivity contribution in [3.63, 3.8) is 0 Å². The minimum Gasteiger partial charge on any atom is -0.493 e. The van der Waals surface area contributed by atoms with Gasteiger partial charge < -0.3 is 25.7 Å². The smallest absolute Gasteiger partial charge is 0.160 e. The highest BCUT2D eigenvalue weighted by Crippen LogP contribution is 2.27. The van der Waals surface area contributed by atoms with Gasteiger partial charge in [-0.05, 0) is 30.7 Å². The molecule has 0 aliphatic rings. The highest BCUT2D eigenvalue weighted by Gasteiger charge is 2.07. The predicted octanol–water partition coefficient (Wildman–Crippen LogP) is 1.22. The molecule has 1 unspecified atom stereocenters. The maximum absolute atomic E-state index is 8.56. The first kappa shape index (κ1) is 16.1. The number of nitrogens with two attached hydrogens (primary N) is 1. The van der Waals surface area contributed by atoms with E-state index in [1.165, 1.54) is 0 Å². The van der Waals surface area contributed by atoms with E-state index in [-0.39, 0.29) is 11.8 Å². The maximum Gasteiger partial charge on any atom is 0.160 e. The number of hydrogen-bond donors (Lipinski definition) is 3. The lowest BCUT2D eigenvalue weighted by Gasteiger charge is -2.12. The molecule has 0 aromatic heterocycles. The summed E-state index contributed by atoms with van der Waals surface area (Å²) in [5, 5.41) is 14.8. The first-order valence-corrected chi connectivity index (χ1v) is 6.51. The fourth-order valence-corrected chi connectivity index (χ4v) is 1.79. The van der Waals surface area contributed by atoms with Gasteiger partial charge in [-0.1, -0.05) is 18.1 Å². The first-order valence-electron chi connectivity index (χ1n) is 6.51. The first-order chi connectivity index (χ1) is 9.62. The van der Waals surface area contributed by atoms with Crippen LogP contribution in [-0.4, -0.2) is 38.4 Å². The second kappa shape index (κ2) is 8.27. The van der Waals surface area contributed by atoms with E-state index in [4.69, 9.17) is 20.4 Å². The zero-order chi connectivity index (χ0) is 15.0. The average Bonchev–Trinajstić information content (AvgIpc) is 2.50. The lowest BCUT2D eigenvalue weighted by atomic mass is 10.1. The Kier molecular flexibility index (Phi) is 6.66. The zero-order valence-corrected chi connectivity index (χ0v) is 12.2. The third-order valence-corrected chi connectivity index (χ3v) is 3.11. The van der Waals surface area contributed by atoms with Crippen LogP contribution in [0.4, 0.5) is 0 Å². The van der Waals surface area contributed by atoms with Gasteiger partial charge in [-0.25, -0.2) is 0 Å². The van der Waals surface area contributed by atoms with Crippen molar-refractivity contribution in [3.8, 4) is 11.5 Å². The topological polar surface area (TPSA) is 89.1 Å². The Balaban J connectivity index is 2.43. The van der Waals surface area contributed by atoms with Gasteiger partial charge >= 0.3 is 0 Å². The molecule has 20 heavy (non-hydrogen) atoms. The van der Waals surface area contributed by atoms with Crippen molar-refractivity contribution in [3.05, 3.63) is 23.8 Å². The third kappa shape index (κ3) is 4.62. The van der Waals surface area contributed by atoms with Crippen LogP contribution in [0.1, 0.15) is 12.5 Å². The predicted molar refractivity (Wildman–Crippen MR) is 78.7 cm³/mol. The summed E-state index contributed by atoms with van der Waals surface area (Å²) >= 11 is 0. The summed E-state index contributed by atoms with van der Waals surface area (Å²) in [6, 6.07) is 5.87. The van der Waals surface area contributed by atoms with Crippen molar-refractivity contribution < 1.29 is 14.7 Å². The van der Waals surface area contributed by atoms with Crippen molar-refractivity contribution in [1.29, 1.82) is 0 Å². The van der Waals surface area contributed by atoms with Gasteiger partial charge in [0, 0.05) is 12.5 Å². The number of hydrogen-bond acceptors (Lipinski definition) is 5. The number of nitrogens with zero attached hydrogens (tertiary/aromatic N) is 1. The van der Waals surface area contributed by atoms with Crippen molar-refractivity contribution in [2.45, 2.75) is 13.3 Å². The molecule has 0 aliphatic heterocycles. The Morgan fingerprint density at radius 3 is 2.65 bits per heavy atom. The minimum absolute atomic E-state index is 0.00500. The van der Waals surface area contributed by atoms with Crippen molar-refractivity contribution in [2.24, 2.45) is 16.8 Å². The zero-order valence-electron chi connectivity index (χ0n) is 12.2. The highest BCUT2D eigenvalue weighted by molar-refractivity contribution is 5.82. The van der Waals surface area contributed by atoms with Crippen molar-refractivity contribution >= 4 is 5.84 Å². The van der Waals surface area contributed by atoms with E-state index in [0.29, 0.717) is 6.54 Å². The van der Waals surface area contributed by atoms with Crippen LogP contribution >= 0.6 is 0 Å². The molecule has 0 amide bonds. The largest absolute Gasteiger partial charge is 0.493 e. The Morgan fingerprint density at radius 2 is 2.05 bits per heavy atom. The minimum atomic E-state index is 0.00500. The Bertz CT molecular complexity index is 449. The van der Waals surface area contributed by atoms with Crippen LogP contribution in [0.15, 0.2) is 23.4 Å². The van der Waals surface area contributed by atoms with Gasteiger partial charge in [0.1, 0.15) is 5.84 Å². The monoisotopic (exact) mass is 281 g/mol. The Labute approximate surface area is 119 Å². The van der Waals surface area contributed by atoms with Crippen LogP contribution in [0.5, 0.6) is 11.5 Å². The third-order valence-electron chi connectivity index (χ3n) is 3.11. The molecular formula is C14H23N3O3. The van der Waals surface area contributed by atoms with Crippen LogP contribution < -0.4 is 20.5 Å². The molecule has 1 aromatic carbocycles. The molecule has 0 fully saturated rings. The molecule has 1 atom stereocenters. The van der Waals surface area contributed by atoms with Crippen LogP contribution in [0.3, 0.4) is 0 Å². The highest BCUT2D eigenvalue weighted by atomic mass is 16.5. The Hall–Kier alpha value is -1.95. The lowest BCUT2D eigenvalue weighted by Crippen LogP contribution is -2.32. The second-order valence-electron chi connectivity index (χ2n) is 4.57. The summed E-state index contributed by atoms with van der Waals surface area (Å²) in [6.07, 6.45) is 0.864. The molecule has 0 radical (unpaired) electrons. The summed E-state index contributed by atoms with van der Waals surface area (Å²) in [5.41, 5.74) is 6.67. The van der Waals surface area contributed by atoms with Gasteiger partial charge in [-0.3, -0.25) is 0 Å². The van der Waals surface area contributed by atoms with Crippen LogP contribution in [0, 0.1) is 5.92 Å². The van der Waals surface area contributed by atoms with Crippen LogP contribution in [0.2, 0.25) is 0 Å². The molecule has 6 nitrogen and oxygen atoms in total. The second-order valence-corrected chi connectivity index (χ2v) is 4.57. The van der Waals surface area contributed by atoms with Crippen molar-refractivity contribution in [2.75, 3.05) is 27.3 Å². The number of methoxy groups -OCH3 is 2. The molecule has 0 saturated heterocycles. The fraction of sp³-hybridized carbons (Fsp3) is 0.500. The molecule has 1 rings (SSSR count). The number of rotatable bonds is 8. The van der Waals surface area contributed by atoms with E-state index in [1.54, 1.807) is 14.2 Å². The van der Waals surface area contributed by atoms with E-state index in [0.717, 1.165) is 30.0 Å². The molecule has 0 bridgehead atoms. The van der Waals surface area contributed by atoms with Gasteiger partial charge in [-0.15, -0.1) is 0 Å². The quantitative estimate of drug-likeness (QED) is 0.219. The molecule has 112 valence electrons. The summed E-state index contributed by atoms with van der Waals surface area (Å²) in [6.45, 7) is 3.38. The van der Waals surface area contributed by atoms with Crippen LogP contribution in [-0.2, 0) is 6.42 Å². The molecule has 0 heterocycles. The van der Waals surface area contributed by atoms with E-state index in [2.05, 4.69) is 10.5 Å². The van der Waals surface area contributed by atoms with Gasteiger partial charge in [0.05, 0.1) is 14.2 Å². The summed E-state index contributed by atoms with van der Waals surface area (Å²) in [5.74, 6) is 1.70. The van der Waals surface area contributed by atoms with Gasteiger partial charge in [0.25, 0.3) is 0 Å². The molecular weight excluding hydrogens is 258 g/mol. The molecule has 4 N–H and O–H groups in total. The molecule has 0 spiro atoms. The summed E-state index contributed by atoms with van der Waals surface area (Å²) in [7, 11) is 3.24. The van der Waals surface area contributed by atoms with Gasteiger partial charge in [-0.2, -0.15) is 0 Å². The molecule has 6 heteroatoms.